The van der Waals surface area contributed by atoms with E-state index in [1.165, 1.54) is 23.1 Å². The minimum Gasteiger partial charge on any atom is -0.508 e. The van der Waals surface area contributed by atoms with Crippen molar-refractivity contribution in [3.05, 3.63) is 71.8 Å². The number of aliphatic hydroxyl groups is 1. The Morgan fingerprint density at radius 2 is 1.77 bits per heavy atom. The molecule has 0 aliphatic rings. The number of hydrogen-bond acceptors (Lipinski definition) is 3. The summed E-state index contributed by atoms with van der Waals surface area (Å²) >= 11 is 0. The first-order valence-electron chi connectivity index (χ1n) is 7.01. The van der Waals surface area contributed by atoms with E-state index in [4.69, 9.17) is 0 Å². The zero-order valence-corrected chi connectivity index (χ0v) is 12.4. The molecule has 0 spiro atoms. The van der Waals surface area contributed by atoms with Crippen LogP contribution in [0.3, 0.4) is 0 Å². The van der Waals surface area contributed by atoms with Gasteiger partial charge in [0, 0.05) is 13.1 Å². The van der Waals surface area contributed by atoms with Crippen LogP contribution in [0.4, 0.5) is 0 Å². The van der Waals surface area contributed by atoms with Crippen LogP contribution in [-0.4, -0.2) is 34.6 Å². The number of benzene rings is 2. The lowest BCUT2D eigenvalue weighted by Crippen LogP contribution is -2.29. The standard InChI is InChI=1S/C18H19NO3/c1-19(13-17(21)15-8-10-16(20)11-9-15)18(22)12-7-14-5-3-2-4-6-14/h2-12,17,20-21H,13H2,1H3/b12-7+/t17-/m0/s1. The highest BCUT2D eigenvalue weighted by molar-refractivity contribution is 5.91. The molecule has 1 atom stereocenters. The van der Waals surface area contributed by atoms with Gasteiger partial charge in [0.05, 0.1) is 12.6 Å². The molecule has 2 rings (SSSR count). The average Bonchev–Trinajstić information content (AvgIpc) is 2.54. The Balaban J connectivity index is 1.93. The Kier molecular flexibility index (Phi) is 5.33. The number of aromatic hydroxyl groups is 1. The van der Waals surface area contributed by atoms with Gasteiger partial charge in [-0.1, -0.05) is 42.5 Å². The van der Waals surface area contributed by atoms with E-state index < -0.39 is 6.10 Å². The predicted octanol–water partition coefficient (Wildman–Crippen LogP) is 2.60. The van der Waals surface area contributed by atoms with Gasteiger partial charge in [-0.15, -0.1) is 0 Å². The molecule has 2 aromatic rings. The van der Waals surface area contributed by atoms with E-state index in [-0.39, 0.29) is 18.2 Å². The predicted molar refractivity (Wildman–Crippen MR) is 86.2 cm³/mol. The number of nitrogens with zero attached hydrogens (tertiary/aromatic N) is 1. The van der Waals surface area contributed by atoms with Crippen LogP contribution < -0.4 is 0 Å². The van der Waals surface area contributed by atoms with Crippen LogP contribution in [0.5, 0.6) is 5.75 Å². The highest BCUT2D eigenvalue weighted by Crippen LogP contribution is 2.17. The fourth-order valence-corrected chi connectivity index (χ4v) is 2.01. The topological polar surface area (TPSA) is 60.8 Å². The maximum absolute atomic E-state index is 12.0. The molecule has 0 fully saturated rings. The van der Waals surface area contributed by atoms with Gasteiger partial charge in [-0.2, -0.15) is 0 Å². The van der Waals surface area contributed by atoms with Gasteiger partial charge in [-0.3, -0.25) is 4.79 Å². The molecular formula is C18H19NO3. The summed E-state index contributed by atoms with van der Waals surface area (Å²) in [6, 6.07) is 15.8. The molecule has 0 unspecified atom stereocenters. The molecule has 0 radical (unpaired) electrons. The lowest BCUT2D eigenvalue weighted by atomic mass is 10.1. The molecule has 0 saturated carbocycles. The molecule has 4 nitrogen and oxygen atoms in total. The van der Waals surface area contributed by atoms with Crippen molar-refractivity contribution in [2.75, 3.05) is 13.6 Å². The van der Waals surface area contributed by atoms with E-state index >= 15 is 0 Å². The Morgan fingerprint density at radius 1 is 1.14 bits per heavy atom. The molecular weight excluding hydrogens is 278 g/mol. The number of hydrogen-bond donors (Lipinski definition) is 2. The lowest BCUT2D eigenvalue weighted by Gasteiger charge is -2.19. The van der Waals surface area contributed by atoms with Crippen molar-refractivity contribution in [2.24, 2.45) is 0 Å². The normalized spacial score (nSPS) is 12.3. The van der Waals surface area contributed by atoms with Crippen LogP contribution in [-0.2, 0) is 4.79 Å². The smallest absolute Gasteiger partial charge is 0.246 e. The third-order valence-corrected chi connectivity index (χ3v) is 3.32. The van der Waals surface area contributed by atoms with Crippen LogP contribution in [0.2, 0.25) is 0 Å². The quantitative estimate of drug-likeness (QED) is 0.834. The number of aliphatic hydroxyl groups excluding tert-OH is 1. The summed E-state index contributed by atoms with van der Waals surface area (Å²) in [7, 11) is 1.64. The number of phenolic OH excluding ortho intramolecular Hbond substituents is 1. The number of rotatable bonds is 5. The highest BCUT2D eigenvalue weighted by Gasteiger charge is 2.13. The molecule has 1 amide bonds. The van der Waals surface area contributed by atoms with Crippen LogP contribution in [0, 0.1) is 0 Å². The minimum absolute atomic E-state index is 0.145. The summed E-state index contributed by atoms with van der Waals surface area (Å²) < 4.78 is 0. The molecule has 22 heavy (non-hydrogen) atoms. The third-order valence-electron chi connectivity index (χ3n) is 3.32. The van der Waals surface area contributed by atoms with Crippen molar-refractivity contribution in [3.63, 3.8) is 0 Å². The summed E-state index contributed by atoms with van der Waals surface area (Å²) in [6.07, 6.45) is 2.43. The zero-order valence-electron chi connectivity index (χ0n) is 12.4. The van der Waals surface area contributed by atoms with Crippen LogP contribution in [0.25, 0.3) is 6.08 Å². The fraction of sp³-hybridized carbons (Fsp3) is 0.167. The van der Waals surface area contributed by atoms with Gasteiger partial charge in [0.2, 0.25) is 5.91 Å². The number of carbonyl (C=O) groups is 1. The third kappa shape index (κ3) is 4.46. The van der Waals surface area contributed by atoms with Gasteiger partial charge in [-0.05, 0) is 29.3 Å². The molecule has 2 N–H and O–H groups in total. The van der Waals surface area contributed by atoms with Gasteiger partial charge in [0.1, 0.15) is 5.75 Å². The van der Waals surface area contributed by atoms with Gasteiger partial charge in [0.25, 0.3) is 0 Å². The highest BCUT2D eigenvalue weighted by atomic mass is 16.3. The summed E-state index contributed by atoms with van der Waals surface area (Å²) in [5, 5.41) is 19.3. The van der Waals surface area contributed by atoms with E-state index in [0.717, 1.165) is 5.56 Å². The van der Waals surface area contributed by atoms with Gasteiger partial charge < -0.3 is 15.1 Å². The maximum atomic E-state index is 12.0. The second kappa shape index (κ2) is 7.43. The van der Waals surface area contributed by atoms with Crippen molar-refractivity contribution in [3.8, 4) is 5.75 Å². The fourth-order valence-electron chi connectivity index (χ4n) is 2.01. The molecule has 4 heteroatoms. The molecule has 0 saturated heterocycles. The van der Waals surface area contributed by atoms with Gasteiger partial charge >= 0.3 is 0 Å². The van der Waals surface area contributed by atoms with Crippen molar-refractivity contribution in [1.82, 2.24) is 4.90 Å². The van der Waals surface area contributed by atoms with E-state index in [1.54, 1.807) is 25.3 Å². The lowest BCUT2D eigenvalue weighted by molar-refractivity contribution is -0.126. The first-order valence-corrected chi connectivity index (χ1v) is 7.01. The molecule has 0 bridgehead atoms. The van der Waals surface area contributed by atoms with E-state index in [2.05, 4.69) is 0 Å². The molecule has 0 aliphatic carbocycles. The van der Waals surface area contributed by atoms with E-state index in [0.29, 0.717) is 5.56 Å². The SMILES string of the molecule is CN(C[C@H](O)c1ccc(O)cc1)C(=O)/C=C/c1ccccc1. The Bertz CT molecular complexity index is 635. The number of carbonyl (C=O) groups excluding carboxylic acids is 1. The summed E-state index contributed by atoms with van der Waals surface area (Å²) in [5.74, 6) is -0.0344. The second-order valence-corrected chi connectivity index (χ2v) is 5.07. The Labute approximate surface area is 129 Å². The van der Waals surface area contributed by atoms with Gasteiger partial charge in [-0.25, -0.2) is 0 Å². The van der Waals surface area contributed by atoms with Crippen molar-refractivity contribution in [1.29, 1.82) is 0 Å². The van der Waals surface area contributed by atoms with Crippen LogP contribution in [0.15, 0.2) is 60.7 Å². The summed E-state index contributed by atoms with van der Waals surface area (Å²) in [4.78, 5) is 13.5. The number of phenols is 1. The van der Waals surface area contributed by atoms with Gasteiger partial charge in [0.15, 0.2) is 0 Å². The van der Waals surface area contributed by atoms with Crippen molar-refractivity contribution in [2.45, 2.75) is 6.10 Å². The molecule has 2 aromatic carbocycles. The number of amides is 1. The second-order valence-electron chi connectivity index (χ2n) is 5.07. The minimum atomic E-state index is -0.792. The largest absolute Gasteiger partial charge is 0.508 e. The monoisotopic (exact) mass is 297 g/mol. The van der Waals surface area contributed by atoms with Crippen molar-refractivity contribution < 1.29 is 15.0 Å². The Morgan fingerprint density at radius 3 is 2.41 bits per heavy atom. The molecule has 0 heterocycles. The van der Waals surface area contributed by atoms with Crippen LogP contribution in [0.1, 0.15) is 17.2 Å². The van der Waals surface area contributed by atoms with Crippen molar-refractivity contribution >= 4 is 12.0 Å². The maximum Gasteiger partial charge on any atom is 0.246 e. The van der Waals surface area contributed by atoms with Crippen LogP contribution >= 0.6 is 0 Å². The first kappa shape index (κ1) is 15.8. The average molecular weight is 297 g/mol. The first-order chi connectivity index (χ1) is 10.6. The zero-order chi connectivity index (χ0) is 15.9. The molecule has 114 valence electrons. The molecule has 0 aliphatic heterocycles. The molecule has 0 aromatic heterocycles. The van der Waals surface area contributed by atoms with E-state index in [1.807, 2.05) is 30.3 Å². The summed E-state index contributed by atoms with van der Waals surface area (Å²) in [6.45, 7) is 0.183. The van der Waals surface area contributed by atoms with E-state index in [9.17, 15) is 15.0 Å². The Hall–Kier alpha value is -2.59. The summed E-state index contributed by atoms with van der Waals surface area (Å²) in [5.41, 5.74) is 1.60. The number of likely N-dealkylation sites (N-methyl/N-ethyl adjacent to an activating group) is 1.